The third kappa shape index (κ3) is 5.40. The van der Waals surface area contributed by atoms with Crippen molar-refractivity contribution in [2.75, 3.05) is 6.61 Å². The molecule has 114 valence electrons. The van der Waals surface area contributed by atoms with E-state index < -0.39 is 17.7 Å². The lowest BCUT2D eigenvalue weighted by atomic mass is 9.92. The fourth-order valence-corrected chi connectivity index (χ4v) is 3.17. The minimum atomic E-state index is -4.33. The van der Waals surface area contributed by atoms with Gasteiger partial charge in [-0.1, -0.05) is 40.2 Å². The van der Waals surface area contributed by atoms with E-state index in [1.54, 1.807) is 12.1 Å². The SMILES string of the molecule is FC(F)(F)COc1ccc(CC2(Cl)C=C(Br)C=CC2)cc1. The van der Waals surface area contributed by atoms with Crippen LogP contribution in [0.1, 0.15) is 12.0 Å². The van der Waals surface area contributed by atoms with Gasteiger partial charge in [0.1, 0.15) is 5.75 Å². The largest absolute Gasteiger partial charge is 0.484 e. The van der Waals surface area contributed by atoms with Gasteiger partial charge in [-0.25, -0.2) is 0 Å². The van der Waals surface area contributed by atoms with Crippen molar-refractivity contribution < 1.29 is 17.9 Å². The van der Waals surface area contributed by atoms with Crippen molar-refractivity contribution in [3.8, 4) is 5.75 Å². The molecule has 0 saturated carbocycles. The van der Waals surface area contributed by atoms with Crippen molar-refractivity contribution in [3.05, 3.63) is 52.5 Å². The Kier molecular flexibility index (Phi) is 5.04. The number of ether oxygens (including phenoxy) is 1. The predicted octanol–water partition coefficient (Wildman–Crippen LogP) is 5.39. The molecule has 0 saturated heterocycles. The molecule has 21 heavy (non-hydrogen) atoms. The molecule has 1 aromatic rings. The first-order valence-corrected chi connectivity index (χ1v) is 7.45. The van der Waals surface area contributed by atoms with Crippen LogP contribution in [0.15, 0.2) is 47.0 Å². The summed E-state index contributed by atoms with van der Waals surface area (Å²) in [5.74, 6) is 0.194. The zero-order valence-corrected chi connectivity index (χ0v) is 13.3. The van der Waals surface area contributed by atoms with Crippen LogP contribution < -0.4 is 4.74 Å². The second-order valence-corrected chi connectivity index (χ2v) is 6.56. The Labute approximate surface area is 134 Å². The Bertz CT molecular complexity index is 551. The van der Waals surface area contributed by atoms with Crippen LogP contribution in [0.2, 0.25) is 0 Å². The van der Waals surface area contributed by atoms with Gasteiger partial charge in [0.05, 0.1) is 4.87 Å². The highest BCUT2D eigenvalue weighted by atomic mass is 79.9. The summed E-state index contributed by atoms with van der Waals surface area (Å²) in [6.07, 6.45) is 2.82. The second-order valence-electron chi connectivity index (χ2n) is 4.89. The van der Waals surface area contributed by atoms with Gasteiger partial charge in [-0.2, -0.15) is 13.2 Å². The predicted molar refractivity (Wildman–Crippen MR) is 81.0 cm³/mol. The van der Waals surface area contributed by atoms with E-state index in [9.17, 15) is 13.2 Å². The lowest BCUT2D eigenvalue weighted by Crippen LogP contribution is -2.22. The highest BCUT2D eigenvalue weighted by Gasteiger charge is 2.28. The fourth-order valence-electron chi connectivity index (χ4n) is 2.05. The molecule has 1 aromatic carbocycles. The summed E-state index contributed by atoms with van der Waals surface area (Å²) in [6, 6.07) is 6.52. The molecule has 1 nitrogen and oxygen atoms in total. The van der Waals surface area contributed by atoms with Gasteiger partial charge in [0, 0.05) is 4.48 Å². The topological polar surface area (TPSA) is 9.23 Å². The maximum atomic E-state index is 12.1. The van der Waals surface area contributed by atoms with Crippen molar-refractivity contribution in [2.24, 2.45) is 0 Å². The van der Waals surface area contributed by atoms with Crippen LogP contribution >= 0.6 is 27.5 Å². The average Bonchev–Trinajstić information content (AvgIpc) is 2.36. The molecule has 0 aliphatic heterocycles. The molecule has 6 heteroatoms. The van der Waals surface area contributed by atoms with Gasteiger partial charge < -0.3 is 4.74 Å². The molecular formula is C15H13BrClF3O. The summed E-state index contributed by atoms with van der Waals surface area (Å²) in [6.45, 7) is -1.29. The van der Waals surface area contributed by atoms with E-state index in [0.29, 0.717) is 12.8 Å². The number of hydrogen-bond acceptors (Lipinski definition) is 1. The van der Waals surface area contributed by atoms with Crippen molar-refractivity contribution >= 4 is 27.5 Å². The Morgan fingerprint density at radius 2 is 1.90 bits per heavy atom. The summed E-state index contributed by atoms with van der Waals surface area (Å²) < 4.78 is 41.8. The normalized spacial score (nSPS) is 22.0. The van der Waals surface area contributed by atoms with Crippen LogP contribution in [0.3, 0.4) is 0 Å². The van der Waals surface area contributed by atoms with Gasteiger partial charge in [0.2, 0.25) is 0 Å². The zero-order chi connectivity index (χ0) is 15.5. The lowest BCUT2D eigenvalue weighted by Gasteiger charge is -2.25. The van der Waals surface area contributed by atoms with Crippen LogP contribution in [0.25, 0.3) is 0 Å². The summed E-state index contributed by atoms with van der Waals surface area (Å²) in [5.41, 5.74) is 0.941. The van der Waals surface area contributed by atoms with E-state index in [4.69, 9.17) is 11.6 Å². The molecule has 0 N–H and O–H groups in total. The fraction of sp³-hybridized carbons (Fsp3) is 0.333. The first kappa shape index (κ1) is 16.4. The number of alkyl halides is 4. The minimum Gasteiger partial charge on any atom is -0.484 e. The molecule has 1 aliphatic rings. The number of halogens is 5. The van der Waals surface area contributed by atoms with Gasteiger partial charge in [-0.05, 0) is 36.6 Å². The van der Waals surface area contributed by atoms with E-state index in [0.717, 1.165) is 10.0 Å². The molecular weight excluding hydrogens is 369 g/mol. The summed E-state index contributed by atoms with van der Waals surface area (Å²) >= 11 is 9.92. The number of rotatable bonds is 4. The average molecular weight is 382 g/mol. The molecule has 1 unspecified atom stereocenters. The first-order valence-electron chi connectivity index (χ1n) is 6.28. The van der Waals surface area contributed by atoms with Crippen molar-refractivity contribution in [3.63, 3.8) is 0 Å². The molecule has 0 spiro atoms. The van der Waals surface area contributed by atoms with Crippen molar-refractivity contribution in [1.29, 1.82) is 0 Å². The number of allylic oxidation sites excluding steroid dienone is 4. The van der Waals surface area contributed by atoms with Crippen molar-refractivity contribution in [2.45, 2.75) is 23.9 Å². The third-order valence-electron chi connectivity index (χ3n) is 2.95. The standard InChI is InChI=1S/C15H13BrClF3O/c16-12-2-1-7-14(17,9-12)8-11-3-5-13(6-4-11)21-10-15(18,19)20/h1-6,9H,7-8,10H2. The molecule has 0 radical (unpaired) electrons. The molecule has 0 aromatic heterocycles. The van der Waals surface area contributed by atoms with E-state index in [2.05, 4.69) is 20.7 Å². The van der Waals surface area contributed by atoms with E-state index in [-0.39, 0.29) is 5.75 Å². The molecule has 0 bridgehead atoms. The van der Waals surface area contributed by atoms with Crippen LogP contribution in [0.5, 0.6) is 5.75 Å². The summed E-state index contributed by atoms with van der Waals surface area (Å²) in [5, 5.41) is 0. The molecule has 2 rings (SSSR count). The molecule has 0 heterocycles. The maximum absolute atomic E-state index is 12.1. The lowest BCUT2D eigenvalue weighted by molar-refractivity contribution is -0.153. The Hall–Kier alpha value is -0.940. The van der Waals surface area contributed by atoms with Gasteiger partial charge in [0.15, 0.2) is 6.61 Å². The second kappa shape index (κ2) is 6.44. The van der Waals surface area contributed by atoms with Gasteiger partial charge in [-0.3, -0.25) is 0 Å². The Balaban J connectivity index is 1.98. The quantitative estimate of drug-likeness (QED) is 0.636. The monoisotopic (exact) mass is 380 g/mol. The van der Waals surface area contributed by atoms with Crippen molar-refractivity contribution in [1.82, 2.24) is 0 Å². The Morgan fingerprint density at radius 3 is 2.48 bits per heavy atom. The molecule has 0 amide bonds. The van der Waals surface area contributed by atoms with Crippen LogP contribution in [-0.4, -0.2) is 17.7 Å². The van der Waals surface area contributed by atoms with Crippen LogP contribution in [-0.2, 0) is 6.42 Å². The first-order chi connectivity index (χ1) is 9.76. The van der Waals surface area contributed by atoms with Gasteiger partial charge in [0.25, 0.3) is 0 Å². The Morgan fingerprint density at radius 1 is 1.24 bits per heavy atom. The zero-order valence-electron chi connectivity index (χ0n) is 11.0. The highest BCUT2D eigenvalue weighted by Crippen LogP contribution is 2.34. The smallest absolute Gasteiger partial charge is 0.422 e. The minimum absolute atomic E-state index is 0.194. The third-order valence-corrected chi connectivity index (χ3v) is 3.84. The van der Waals surface area contributed by atoms with Crippen LogP contribution in [0.4, 0.5) is 13.2 Å². The number of hydrogen-bond donors (Lipinski definition) is 0. The van der Waals surface area contributed by atoms with Crippen LogP contribution in [0, 0.1) is 0 Å². The van der Waals surface area contributed by atoms with Gasteiger partial charge >= 0.3 is 6.18 Å². The summed E-state index contributed by atoms with van der Waals surface area (Å²) in [4.78, 5) is -0.512. The maximum Gasteiger partial charge on any atom is 0.422 e. The van der Waals surface area contributed by atoms with E-state index in [1.165, 1.54) is 12.1 Å². The van der Waals surface area contributed by atoms with E-state index >= 15 is 0 Å². The molecule has 0 fully saturated rings. The number of benzene rings is 1. The highest BCUT2D eigenvalue weighted by molar-refractivity contribution is 9.11. The summed E-state index contributed by atoms with van der Waals surface area (Å²) in [7, 11) is 0. The van der Waals surface area contributed by atoms with Gasteiger partial charge in [-0.15, -0.1) is 11.6 Å². The van der Waals surface area contributed by atoms with E-state index in [1.807, 2.05) is 18.2 Å². The molecule has 1 aliphatic carbocycles. The molecule has 1 atom stereocenters.